The van der Waals surface area contributed by atoms with E-state index in [1.807, 2.05) is 6.92 Å². The van der Waals surface area contributed by atoms with Crippen LogP contribution in [0, 0.1) is 0 Å². The maximum Gasteiger partial charge on any atom is 0.267 e. The van der Waals surface area contributed by atoms with Crippen LogP contribution in [0.25, 0.3) is 0 Å². The standard InChI is InChI=1S/C21H20N6O3S/c1-11(8-15(28)18-12-6-7-17(29)27-19(12)25-10-24-18)21-23-9-16(31-21)20(30)26-14-5-3-2-4-13(14)22/h2-5,9-11H,6-8,22H2,1H3,(H,26,30)(H,24,25,27,29)/t11-/m0/s1. The van der Waals surface area contributed by atoms with Crippen molar-refractivity contribution >= 4 is 46.1 Å². The van der Waals surface area contributed by atoms with Crippen LogP contribution in [0.1, 0.15) is 56.4 Å². The van der Waals surface area contributed by atoms with Gasteiger partial charge in [0.25, 0.3) is 5.91 Å². The Balaban J connectivity index is 1.45. The Morgan fingerprint density at radius 3 is 2.84 bits per heavy atom. The molecular formula is C21H20N6O3S. The zero-order valence-electron chi connectivity index (χ0n) is 16.7. The average Bonchev–Trinajstić information content (AvgIpc) is 3.25. The number of benzene rings is 1. The van der Waals surface area contributed by atoms with Gasteiger partial charge in [-0.25, -0.2) is 15.0 Å². The molecule has 3 aromatic rings. The Morgan fingerprint density at radius 1 is 1.23 bits per heavy atom. The molecule has 3 heterocycles. The second-order valence-corrected chi connectivity index (χ2v) is 8.29. The van der Waals surface area contributed by atoms with E-state index in [0.29, 0.717) is 51.2 Å². The number of ketones is 1. The van der Waals surface area contributed by atoms with Crippen LogP contribution in [0.3, 0.4) is 0 Å². The first-order chi connectivity index (χ1) is 14.9. The number of fused-ring (bicyclic) bond motifs is 1. The molecule has 0 saturated carbocycles. The zero-order chi connectivity index (χ0) is 22.0. The van der Waals surface area contributed by atoms with Gasteiger partial charge in [-0.3, -0.25) is 14.4 Å². The molecule has 10 heteroatoms. The van der Waals surface area contributed by atoms with E-state index in [1.165, 1.54) is 23.9 Å². The Bertz CT molecular complexity index is 1180. The Kier molecular flexibility index (Phi) is 5.72. The number of para-hydroxylation sites is 2. The van der Waals surface area contributed by atoms with Gasteiger partial charge < -0.3 is 16.4 Å². The maximum absolute atomic E-state index is 12.9. The summed E-state index contributed by atoms with van der Waals surface area (Å²) in [7, 11) is 0. The predicted molar refractivity (Wildman–Crippen MR) is 117 cm³/mol. The van der Waals surface area contributed by atoms with E-state index >= 15 is 0 Å². The van der Waals surface area contributed by atoms with Crippen molar-refractivity contribution in [1.29, 1.82) is 0 Å². The lowest BCUT2D eigenvalue weighted by molar-refractivity contribution is -0.116. The zero-order valence-corrected chi connectivity index (χ0v) is 17.5. The van der Waals surface area contributed by atoms with Gasteiger partial charge in [0.05, 0.1) is 22.6 Å². The largest absolute Gasteiger partial charge is 0.397 e. The molecule has 1 atom stereocenters. The number of amides is 2. The maximum atomic E-state index is 12.9. The summed E-state index contributed by atoms with van der Waals surface area (Å²) in [6, 6.07) is 7.01. The molecular weight excluding hydrogens is 416 g/mol. The van der Waals surface area contributed by atoms with Crippen LogP contribution in [0.2, 0.25) is 0 Å². The van der Waals surface area contributed by atoms with Crippen molar-refractivity contribution in [3.63, 3.8) is 0 Å². The van der Waals surface area contributed by atoms with Crippen molar-refractivity contribution in [1.82, 2.24) is 15.0 Å². The van der Waals surface area contributed by atoms with Gasteiger partial charge in [-0.05, 0) is 18.6 Å². The van der Waals surface area contributed by atoms with Crippen molar-refractivity contribution in [3.05, 3.63) is 57.9 Å². The number of hydrogen-bond acceptors (Lipinski definition) is 8. The number of carbonyl (C=O) groups is 3. The molecule has 1 aliphatic rings. The molecule has 9 nitrogen and oxygen atoms in total. The molecule has 158 valence electrons. The minimum absolute atomic E-state index is 0.121. The van der Waals surface area contributed by atoms with Crippen LogP contribution < -0.4 is 16.4 Å². The van der Waals surface area contributed by atoms with E-state index in [1.54, 1.807) is 24.3 Å². The van der Waals surface area contributed by atoms with Gasteiger partial charge >= 0.3 is 0 Å². The number of hydrogen-bond donors (Lipinski definition) is 3. The van der Waals surface area contributed by atoms with Crippen molar-refractivity contribution in [3.8, 4) is 0 Å². The quantitative estimate of drug-likeness (QED) is 0.398. The summed E-state index contributed by atoms with van der Waals surface area (Å²) < 4.78 is 0. The highest BCUT2D eigenvalue weighted by Gasteiger charge is 2.25. The highest BCUT2D eigenvalue weighted by Crippen LogP contribution is 2.29. The third-order valence-corrected chi connectivity index (χ3v) is 6.17. The molecule has 2 aromatic heterocycles. The Hall–Kier alpha value is -3.66. The van der Waals surface area contributed by atoms with Crippen LogP contribution in [0.5, 0.6) is 0 Å². The minimum atomic E-state index is -0.305. The van der Waals surface area contributed by atoms with Crippen LogP contribution in [-0.2, 0) is 11.2 Å². The number of aromatic nitrogens is 3. The Morgan fingerprint density at radius 2 is 2.03 bits per heavy atom. The highest BCUT2D eigenvalue weighted by atomic mass is 32.1. The molecule has 4 N–H and O–H groups in total. The molecule has 1 aliphatic heterocycles. The molecule has 0 bridgehead atoms. The van der Waals surface area contributed by atoms with Gasteiger partial charge in [0.15, 0.2) is 5.78 Å². The summed E-state index contributed by atoms with van der Waals surface area (Å²) in [5, 5.41) is 6.12. The summed E-state index contributed by atoms with van der Waals surface area (Å²) in [6.07, 6.45) is 3.69. The van der Waals surface area contributed by atoms with Gasteiger partial charge in [0.1, 0.15) is 22.7 Å². The molecule has 0 radical (unpaired) electrons. The number of carbonyl (C=O) groups excluding carboxylic acids is 3. The van der Waals surface area contributed by atoms with Gasteiger partial charge in [0.2, 0.25) is 5.91 Å². The fraction of sp³-hybridized carbons (Fsp3) is 0.238. The number of nitrogens with two attached hydrogens (primary N) is 1. The molecule has 0 fully saturated rings. The third kappa shape index (κ3) is 4.43. The van der Waals surface area contributed by atoms with Crippen LogP contribution in [0.15, 0.2) is 36.8 Å². The Labute approximate surface area is 182 Å². The lowest BCUT2D eigenvalue weighted by atomic mass is 9.97. The molecule has 0 unspecified atom stereocenters. The second-order valence-electron chi connectivity index (χ2n) is 7.23. The number of nitrogens with one attached hydrogen (secondary N) is 2. The topological polar surface area (TPSA) is 140 Å². The summed E-state index contributed by atoms with van der Waals surface area (Å²) in [4.78, 5) is 49.9. The summed E-state index contributed by atoms with van der Waals surface area (Å²) in [6.45, 7) is 1.88. The first-order valence-corrected chi connectivity index (χ1v) is 10.5. The van der Waals surface area contributed by atoms with Crippen LogP contribution in [-0.4, -0.2) is 32.5 Å². The van der Waals surface area contributed by atoms with E-state index in [2.05, 4.69) is 25.6 Å². The number of thiazole rings is 1. The van der Waals surface area contributed by atoms with Crippen molar-refractivity contribution in [2.45, 2.75) is 32.1 Å². The molecule has 0 saturated heterocycles. The lowest BCUT2D eigenvalue weighted by Crippen LogP contribution is -2.23. The smallest absolute Gasteiger partial charge is 0.267 e. The number of rotatable bonds is 6. The first-order valence-electron chi connectivity index (χ1n) is 9.71. The first kappa shape index (κ1) is 20.6. The molecule has 0 spiro atoms. The number of Topliss-reactive ketones (excluding diaryl/α,β-unsaturated/α-hetero) is 1. The summed E-state index contributed by atoms with van der Waals surface area (Å²) in [5.74, 6) is -0.384. The van der Waals surface area contributed by atoms with Crippen LogP contribution in [0.4, 0.5) is 17.2 Å². The number of anilines is 3. The lowest BCUT2D eigenvalue weighted by Gasteiger charge is -2.17. The summed E-state index contributed by atoms with van der Waals surface area (Å²) in [5.41, 5.74) is 7.87. The van der Waals surface area contributed by atoms with Gasteiger partial charge in [-0.15, -0.1) is 11.3 Å². The van der Waals surface area contributed by atoms with Crippen molar-refractivity contribution < 1.29 is 14.4 Å². The van der Waals surface area contributed by atoms with E-state index in [4.69, 9.17) is 5.73 Å². The van der Waals surface area contributed by atoms with Crippen LogP contribution >= 0.6 is 11.3 Å². The van der Waals surface area contributed by atoms with Crippen molar-refractivity contribution in [2.75, 3.05) is 16.4 Å². The van der Waals surface area contributed by atoms with Gasteiger partial charge in [0, 0.05) is 24.3 Å². The SMILES string of the molecule is C[C@@H](CC(=O)c1ncnc2c1CCC(=O)N2)c1ncc(C(=O)Nc2ccccc2N)s1. The van der Waals surface area contributed by atoms with E-state index < -0.39 is 0 Å². The molecule has 0 aliphatic carbocycles. The normalized spacial score (nSPS) is 13.8. The van der Waals surface area contributed by atoms with E-state index in [0.717, 1.165) is 0 Å². The second kappa shape index (κ2) is 8.60. The molecule has 1 aromatic carbocycles. The summed E-state index contributed by atoms with van der Waals surface area (Å²) >= 11 is 1.23. The van der Waals surface area contributed by atoms with Gasteiger partial charge in [-0.2, -0.15) is 0 Å². The molecule has 31 heavy (non-hydrogen) atoms. The minimum Gasteiger partial charge on any atom is -0.397 e. The fourth-order valence-electron chi connectivity index (χ4n) is 3.31. The van der Waals surface area contributed by atoms with Crippen molar-refractivity contribution in [2.24, 2.45) is 0 Å². The third-order valence-electron chi connectivity index (χ3n) is 4.94. The number of nitrogen functional groups attached to an aromatic ring is 1. The molecule has 4 rings (SSSR count). The number of nitrogens with zero attached hydrogens (tertiary/aromatic N) is 3. The monoisotopic (exact) mass is 436 g/mol. The highest BCUT2D eigenvalue weighted by molar-refractivity contribution is 7.13. The average molecular weight is 436 g/mol. The van der Waals surface area contributed by atoms with Gasteiger partial charge in [-0.1, -0.05) is 19.1 Å². The van der Waals surface area contributed by atoms with E-state index in [9.17, 15) is 14.4 Å². The van der Waals surface area contributed by atoms with E-state index in [-0.39, 0.29) is 29.9 Å². The predicted octanol–water partition coefficient (Wildman–Crippen LogP) is 3.03. The molecule has 2 amide bonds. The fourth-order valence-corrected chi connectivity index (χ4v) is 4.17.